The molecule has 1 unspecified atom stereocenters. The van der Waals surface area contributed by atoms with E-state index in [-0.39, 0.29) is 31.1 Å². The van der Waals surface area contributed by atoms with Gasteiger partial charge in [0.05, 0.1) is 0 Å². The number of ether oxygens (including phenoxy) is 3. The van der Waals surface area contributed by atoms with Crippen molar-refractivity contribution in [2.24, 2.45) is 0 Å². The summed E-state index contributed by atoms with van der Waals surface area (Å²) in [6.45, 7) is 6.61. The predicted molar refractivity (Wildman–Crippen MR) is 243 cm³/mol. The van der Waals surface area contributed by atoms with E-state index in [0.29, 0.717) is 19.3 Å². The Morgan fingerprint density at radius 2 is 0.579 bits per heavy atom. The first-order valence-corrected chi connectivity index (χ1v) is 24.8. The topological polar surface area (TPSA) is 78.9 Å². The van der Waals surface area contributed by atoms with Crippen LogP contribution >= 0.6 is 0 Å². The van der Waals surface area contributed by atoms with Crippen molar-refractivity contribution >= 4 is 17.9 Å². The third kappa shape index (κ3) is 44.8. The molecular formula is C51H94O6. The van der Waals surface area contributed by atoms with E-state index in [1.807, 2.05) is 0 Å². The average Bonchev–Trinajstić information content (AvgIpc) is 3.21. The van der Waals surface area contributed by atoms with Crippen molar-refractivity contribution < 1.29 is 28.6 Å². The van der Waals surface area contributed by atoms with Crippen LogP contribution in [0.5, 0.6) is 0 Å². The summed E-state index contributed by atoms with van der Waals surface area (Å²) in [5.74, 6) is -0.888. The predicted octanol–water partition coefficient (Wildman–Crippen LogP) is 16.0. The molecule has 0 heterocycles. The Labute approximate surface area is 353 Å². The van der Waals surface area contributed by atoms with E-state index in [9.17, 15) is 14.4 Å². The summed E-state index contributed by atoms with van der Waals surface area (Å²) >= 11 is 0. The Kier molecular flexibility index (Phi) is 44.9. The standard InChI is InChI=1S/C51H94O6/c1-4-7-10-13-16-19-22-24-25-27-29-32-35-38-41-44-50(53)56-47-48(46-55-49(52)43-40-37-34-31-28-21-18-15-12-9-6-3)57-51(54)45-42-39-36-33-30-26-23-20-17-14-11-8-5-2/h19,22,26,30,48H,4-18,20-21,23-25,27-29,31-47H2,1-3H3/b22-19-,30-26-. The molecule has 0 aliphatic carbocycles. The molecule has 0 saturated carbocycles. The zero-order chi connectivity index (χ0) is 41.5. The number of carbonyl (C=O) groups is 3. The Bertz CT molecular complexity index is 927. The molecular weight excluding hydrogens is 709 g/mol. The minimum atomic E-state index is -0.775. The minimum absolute atomic E-state index is 0.0754. The molecule has 0 radical (unpaired) electrons. The van der Waals surface area contributed by atoms with Gasteiger partial charge >= 0.3 is 17.9 Å². The van der Waals surface area contributed by atoms with Crippen LogP contribution in [0.4, 0.5) is 0 Å². The quantitative estimate of drug-likeness (QED) is 0.0264. The molecule has 0 aliphatic rings. The van der Waals surface area contributed by atoms with Crippen molar-refractivity contribution in [2.75, 3.05) is 13.2 Å². The molecule has 57 heavy (non-hydrogen) atoms. The van der Waals surface area contributed by atoms with Crippen molar-refractivity contribution in [1.29, 1.82) is 0 Å². The zero-order valence-corrected chi connectivity index (χ0v) is 38.1. The van der Waals surface area contributed by atoms with Crippen molar-refractivity contribution in [1.82, 2.24) is 0 Å². The normalized spacial score (nSPS) is 12.1. The number of allylic oxidation sites excluding steroid dienone is 4. The molecule has 0 bridgehead atoms. The van der Waals surface area contributed by atoms with Crippen molar-refractivity contribution in [3.63, 3.8) is 0 Å². The maximum atomic E-state index is 12.7. The minimum Gasteiger partial charge on any atom is -0.462 e. The van der Waals surface area contributed by atoms with E-state index in [1.165, 1.54) is 154 Å². The van der Waals surface area contributed by atoms with Crippen LogP contribution in [0.25, 0.3) is 0 Å². The van der Waals surface area contributed by atoms with Crippen LogP contribution in [-0.2, 0) is 28.6 Å². The van der Waals surface area contributed by atoms with Gasteiger partial charge in [-0.15, -0.1) is 0 Å². The molecule has 0 aromatic rings. The first-order chi connectivity index (χ1) is 28.0. The van der Waals surface area contributed by atoms with Crippen LogP contribution in [0.2, 0.25) is 0 Å². The molecule has 0 aliphatic heterocycles. The van der Waals surface area contributed by atoms with Crippen LogP contribution in [-0.4, -0.2) is 37.2 Å². The first kappa shape index (κ1) is 54.9. The van der Waals surface area contributed by atoms with Gasteiger partial charge in [-0.3, -0.25) is 14.4 Å². The number of hydrogen-bond donors (Lipinski definition) is 0. The fourth-order valence-corrected chi connectivity index (χ4v) is 7.14. The third-order valence-electron chi connectivity index (χ3n) is 10.9. The van der Waals surface area contributed by atoms with Crippen LogP contribution in [0.1, 0.15) is 265 Å². The van der Waals surface area contributed by atoms with Gasteiger partial charge in [-0.25, -0.2) is 0 Å². The Morgan fingerprint density at radius 3 is 0.912 bits per heavy atom. The van der Waals surface area contributed by atoms with Crippen LogP contribution < -0.4 is 0 Å². The van der Waals surface area contributed by atoms with Gasteiger partial charge < -0.3 is 14.2 Å². The second-order valence-corrected chi connectivity index (χ2v) is 16.7. The van der Waals surface area contributed by atoms with Gasteiger partial charge in [0.2, 0.25) is 0 Å². The fraction of sp³-hybridized carbons (Fsp3) is 0.863. The highest BCUT2D eigenvalue weighted by atomic mass is 16.6. The Balaban J connectivity index is 4.36. The number of hydrogen-bond acceptors (Lipinski definition) is 6. The summed E-state index contributed by atoms with van der Waals surface area (Å²) in [7, 11) is 0. The smallest absolute Gasteiger partial charge is 0.306 e. The molecule has 0 aromatic carbocycles. The van der Waals surface area contributed by atoms with E-state index in [4.69, 9.17) is 14.2 Å². The van der Waals surface area contributed by atoms with Gasteiger partial charge in [-0.1, -0.05) is 199 Å². The summed E-state index contributed by atoms with van der Waals surface area (Å²) in [5.41, 5.74) is 0. The summed E-state index contributed by atoms with van der Waals surface area (Å²) in [6, 6.07) is 0. The highest BCUT2D eigenvalue weighted by Gasteiger charge is 2.19. The molecule has 0 amide bonds. The van der Waals surface area contributed by atoms with Crippen molar-refractivity contribution in [2.45, 2.75) is 271 Å². The van der Waals surface area contributed by atoms with Crippen molar-refractivity contribution in [3.8, 4) is 0 Å². The first-order valence-electron chi connectivity index (χ1n) is 24.8. The molecule has 6 nitrogen and oxygen atoms in total. The van der Waals surface area contributed by atoms with E-state index < -0.39 is 6.10 Å². The van der Waals surface area contributed by atoms with Crippen molar-refractivity contribution in [3.05, 3.63) is 24.3 Å². The summed E-state index contributed by atoms with van der Waals surface area (Å²) in [6.07, 6.45) is 51.5. The molecule has 0 rings (SSSR count). The van der Waals surface area contributed by atoms with E-state index in [0.717, 1.165) is 70.6 Å². The van der Waals surface area contributed by atoms with Crippen LogP contribution in [0.15, 0.2) is 24.3 Å². The molecule has 6 heteroatoms. The number of unbranched alkanes of at least 4 members (excludes halogenated alkanes) is 30. The molecule has 1 atom stereocenters. The Hall–Kier alpha value is -2.11. The molecule has 0 saturated heterocycles. The number of rotatable bonds is 45. The number of esters is 3. The lowest BCUT2D eigenvalue weighted by atomic mass is 10.1. The SMILES string of the molecule is CCCCCC/C=C\CCCCCCCCCC(=O)OCC(COC(=O)CCCCCCCCCCCCC)OC(=O)CCCCC/C=C\CCCCCCCC. The lowest BCUT2D eigenvalue weighted by molar-refractivity contribution is -0.167. The van der Waals surface area contributed by atoms with Gasteiger partial charge in [0.25, 0.3) is 0 Å². The lowest BCUT2D eigenvalue weighted by Gasteiger charge is -2.18. The maximum absolute atomic E-state index is 12.7. The number of carbonyl (C=O) groups excluding carboxylic acids is 3. The van der Waals surface area contributed by atoms with Gasteiger partial charge in [0, 0.05) is 19.3 Å². The second kappa shape index (κ2) is 46.6. The monoisotopic (exact) mass is 803 g/mol. The fourth-order valence-electron chi connectivity index (χ4n) is 7.14. The highest BCUT2D eigenvalue weighted by Crippen LogP contribution is 2.15. The molecule has 0 N–H and O–H groups in total. The van der Waals surface area contributed by atoms with E-state index in [2.05, 4.69) is 45.1 Å². The summed E-state index contributed by atoms with van der Waals surface area (Å²) in [4.78, 5) is 37.8. The lowest BCUT2D eigenvalue weighted by Crippen LogP contribution is -2.30. The van der Waals surface area contributed by atoms with Crippen LogP contribution in [0.3, 0.4) is 0 Å². The molecule has 0 fully saturated rings. The molecule has 334 valence electrons. The van der Waals surface area contributed by atoms with E-state index in [1.54, 1.807) is 0 Å². The third-order valence-corrected chi connectivity index (χ3v) is 10.9. The summed E-state index contributed by atoms with van der Waals surface area (Å²) in [5, 5.41) is 0. The molecule has 0 aromatic heterocycles. The summed E-state index contributed by atoms with van der Waals surface area (Å²) < 4.78 is 16.7. The maximum Gasteiger partial charge on any atom is 0.306 e. The van der Waals surface area contributed by atoms with E-state index >= 15 is 0 Å². The van der Waals surface area contributed by atoms with Gasteiger partial charge in [0.15, 0.2) is 6.10 Å². The van der Waals surface area contributed by atoms with Gasteiger partial charge in [-0.2, -0.15) is 0 Å². The van der Waals surface area contributed by atoms with Gasteiger partial charge in [-0.05, 0) is 70.6 Å². The van der Waals surface area contributed by atoms with Crippen LogP contribution in [0, 0.1) is 0 Å². The molecule has 0 spiro atoms. The average molecular weight is 803 g/mol. The van der Waals surface area contributed by atoms with Gasteiger partial charge in [0.1, 0.15) is 13.2 Å². The highest BCUT2D eigenvalue weighted by molar-refractivity contribution is 5.71. The Morgan fingerprint density at radius 1 is 0.333 bits per heavy atom. The largest absolute Gasteiger partial charge is 0.462 e. The second-order valence-electron chi connectivity index (χ2n) is 16.7. The zero-order valence-electron chi connectivity index (χ0n) is 38.1.